The molecular formula is C19H20FN6O3+. The predicted octanol–water partition coefficient (Wildman–Crippen LogP) is 1.88. The van der Waals surface area contributed by atoms with Crippen LogP contribution in [0.2, 0.25) is 0 Å². The number of nitrogens with zero attached hydrogens (tertiary/aromatic N) is 5. The minimum atomic E-state index is -0.515. The zero-order valence-electron chi connectivity index (χ0n) is 15.8. The van der Waals surface area contributed by atoms with Crippen LogP contribution in [0.5, 0.6) is 6.01 Å². The third kappa shape index (κ3) is 3.25. The summed E-state index contributed by atoms with van der Waals surface area (Å²) in [5, 5.41) is 10.9. The van der Waals surface area contributed by atoms with Crippen molar-refractivity contribution in [2.24, 2.45) is 0 Å². The topological polar surface area (TPSA) is 93.1 Å². The lowest BCUT2D eigenvalue weighted by atomic mass is 10.1. The molecule has 0 bridgehead atoms. The van der Waals surface area contributed by atoms with Gasteiger partial charge in [-0.25, -0.2) is 13.9 Å². The number of aromatic amines is 1. The van der Waals surface area contributed by atoms with E-state index in [4.69, 9.17) is 4.74 Å². The molecule has 10 heteroatoms. The lowest BCUT2D eigenvalue weighted by Gasteiger charge is -2.31. The van der Waals surface area contributed by atoms with Gasteiger partial charge in [-0.2, -0.15) is 0 Å². The Bertz CT molecular complexity index is 1070. The Morgan fingerprint density at radius 1 is 1.41 bits per heavy atom. The number of nitro groups is 1. The van der Waals surface area contributed by atoms with Gasteiger partial charge in [-0.3, -0.25) is 9.47 Å². The van der Waals surface area contributed by atoms with Gasteiger partial charge in [0.05, 0.1) is 6.54 Å². The van der Waals surface area contributed by atoms with Crippen molar-refractivity contribution >= 4 is 5.82 Å². The van der Waals surface area contributed by atoms with Gasteiger partial charge in [0.1, 0.15) is 36.9 Å². The molecule has 150 valence electrons. The van der Waals surface area contributed by atoms with Crippen LogP contribution in [-0.2, 0) is 19.6 Å². The van der Waals surface area contributed by atoms with Crippen molar-refractivity contribution < 1.29 is 18.6 Å². The molecule has 4 heterocycles. The maximum Gasteiger partial charge on any atom is 0.415 e. The van der Waals surface area contributed by atoms with Crippen LogP contribution in [0.25, 0.3) is 11.3 Å². The first-order valence-corrected chi connectivity index (χ1v) is 9.39. The zero-order valence-corrected chi connectivity index (χ0v) is 15.8. The van der Waals surface area contributed by atoms with E-state index in [9.17, 15) is 14.5 Å². The van der Waals surface area contributed by atoms with E-state index in [0.717, 1.165) is 36.7 Å². The van der Waals surface area contributed by atoms with E-state index in [1.165, 1.54) is 18.3 Å². The fourth-order valence-electron chi connectivity index (χ4n) is 4.11. The van der Waals surface area contributed by atoms with Gasteiger partial charge < -0.3 is 14.9 Å². The summed E-state index contributed by atoms with van der Waals surface area (Å²) in [5.41, 5.74) is 1.40. The first-order chi connectivity index (χ1) is 13.9. The molecule has 0 fully saturated rings. The minimum Gasteiger partial charge on any atom is -0.436 e. The van der Waals surface area contributed by atoms with E-state index in [1.54, 1.807) is 16.7 Å². The fourth-order valence-corrected chi connectivity index (χ4v) is 4.11. The maximum atomic E-state index is 13.2. The van der Waals surface area contributed by atoms with E-state index in [-0.39, 0.29) is 11.6 Å². The number of nitrogens with one attached hydrogen (secondary N) is 1. The fraction of sp³-hybridized carbons (Fsp3) is 0.368. The quantitative estimate of drug-likeness (QED) is 0.411. The van der Waals surface area contributed by atoms with E-state index in [0.29, 0.717) is 19.1 Å². The number of H-pyrrole nitrogens is 1. The summed E-state index contributed by atoms with van der Waals surface area (Å²) in [6, 6.07) is 6.73. The Balaban J connectivity index is 1.28. The molecule has 0 spiro atoms. The van der Waals surface area contributed by atoms with Crippen LogP contribution in [0.1, 0.15) is 12.7 Å². The second-order valence-electron chi connectivity index (χ2n) is 7.84. The van der Waals surface area contributed by atoms with Crippen LogP contribution in [0.4, 0.5) is 10.2 Å². The number of hydrogen-bond donors (Lipinski definition) is 1. The summed E-state index contributed by atoms with van der Waals surface area (Å²) in [5.74, 6) is 0.630. The molecule has 0 saturated carbocycles. The summed E-state index contributed by atoms with van der Waals surface area (Å²) in [6.45, 7) is 5.61. The molecule has 2 aromatic heterocycles. The molecule has 5 rings (SSSR count). The first kappa shape index (κ1) is 17.8. The number of rotatable bonds is 4. The SMILES string of the molecule is C[C@]1(CN2CC[n+]3cc(-c4ccc(F)cc4)[nH]c3C2)Cn2cc([N+](=O)[O-])nc2O1. The standard InChI is InChI=1S/C19H19FN6O3/c1-19(12-25-10-17(26(27)28)22-18(25)29-19)11-23-6-7-24-8-15(21-16(24)9-23)13-2-4-14(20)5-3-13/h2-5,8,10H,6-7,9,11-12H2,1H3/p+1/t19-/m0/s1. The third-order valence-electron chi connectivity index (χ3n) is 5.41. The van der Waals surface area contributed by atoms with E-state index in [1.807, 2.05) is 6.92 Å². The van der Waals surface area contributed by atoms with Gasteiger partial charge in [0.15, 0.2) is 5.69 Å². The Morgan fingerprint density at radius 3 is 2.93 bits per heavy atom. The minimum absolute atomic E-state index is 0.194. The number of hydrogen-bond acceptors (Lipinski definition) is 5. The maximum absolute atomic E-state index is 13.2. The molecule has 0 saturated heterocycles. The first-order valence-electron chi connectivity index (χ1n) is 9.39. The van der Waals surface area contributed by atoms with Gasteiger partial charge in [0.25, 0.3) is 5.82 Å². The Morgan fingerprint density at radius 2 is 2.21 bits per heavy atom. The van der Waals surface area contributed by atoms with Gasteiger partial charge in [-0.15, -0.1) is 0 Å². The lowest BCUT2D eigenvalue weighted by Crippen LogP contribution is -2.53. The van der Waals surface area contributed by atoms with E-state index < -0.39 is 10.5 Å². The highest BCUT2D eigenvalue weighted by molar-refractivity contribution is 5.57. The number of benzene rings is 1. The average molecular weight is 399 g/mol. The van der Waals surface area contributed by atoms with Crippen molar-refractivity contribution in [3.8, 4) is 17.3 Å². The van der Waals surface area contributed by atoms with Crippen LogP contribution in [-0.4, -0.2) is 43.0 Å². The number of imidazole rings is 2. The molecule has 0 unspecified atom stereocenters. The molecule has 0 amide bonds. The van der Waals surface area contributed by atoms with Gasteiger partial charge in [-0.1, -0.05) is 0 Å². The van der Waals surface area contributed by atoms with Gasteiger partial charge in [0, 0.05) is 23.6 Å². The monoisotopic (exact) mass is 399 g/mol. The highest BCUT2D eigenvalue weighted by Crippen LogP contribution is 2.32. The molecule has 0 radical (unpaired) electrons. The number of halogens is 1. The number of ether oxygens (including phenoxy) is 1. The van der Waals surface area contributed by atoms with Crippen molar-refractivity contribution in [2.75, 3.05) is 13.1 Å². The van der Waals surface area contributed by atoms with Crippen LogP contribution >= 0.6 is 0 Å². The molecule has 1 N–H and O–H groups in total. The zero-order chi connectivity index (χ0) is 20.2. The normalized spacial score (nSPS) is 20.9. The Kier molecular flexibility index (Phi) is 3.91. The highest BCUT2D eigenvalue weighted by Gasteiger charge is 2.42. The molecule has 0 aliphatic carbocycles. The highest BCUT2D eigenvalue weighted by atomic mass is 19.1. The van der Waals surface area contributed by atoms with Crippen LogP contribution in [0.15, 0.2) is 36.7 Å². The summed E-state index contributed by atoms with van der Waals surface area (Å²) in [7, 11) is 0. The summed E-state index contributed by atoms with van der Waals surface area (Å²) in [4.78, 5) is 20.0. The second-order valence-corrected chi connectivity index (χ2v) is 7.84. The van der Waals surface area contributed by atoms with Crippen LogP contribution in [0.3, 0.4) is 0 Å². The van der Waals surface area contributed by atoms with Crippen LogP contribution in [0, 0.1) is 15.9 Å². The van der Waals surface area contributed by atoms with Crippen molar-refractivity contribution in [1.82, 2.24) is 19.4 Å². The predicted molar refractivity (Wildman–Crippen MR) is 99.6 cm³/mol. The van der Waals surface area contributed by atoms with Gasteiger partial charge in [0.2, 0.25) is 0 Å². The Hall–Kier alpha value is -3.27. The number of aromatic nitrogens is 4. The smallest absolute Gasteiger partial charge is 0.415 e. The summed E-state index contributed by atoms with van der Waals surface area (Å²) >= 11 is 0. The molecule has 9 nitrogen and oxygen atoms in total. The molecule has 2 aliphatic heterocycles. The second kappa shape index (κ2) is 6.38. The molecule has 3 aromatic rings. The molecule has 1 aromatic carbocycles. The largest absolute Gasteiger partial charge is 0.436 e. The molecular weight excluding hydrogens is 379 g/mol. The average Bonchev–Trinajstić information content (AvgIpc) is 3.33. The molecule has 29 heavy (non-hydrogen) atoms. The van der Waals surface area contributed by atoms with E-state index >= 15 is 0 Å². The van der Waals surface area contributed by atoms with Gasteiger partial charge >= 0.3 is 11.8 Å². The third-order valence-corrected chi connectivity index (χ3v) is 5.41. The summed E-state index contributed by atoms with van der Waals surface area (Å²) in [6.07, 6.45) is 3.48. The summed E-state index contributed by atoms with van der Waals surface area (Å²) < 4.78 is 23.0. The van der Waals surface area contributed by atoms with Gasteiger partial charge in [-0.05, 0) is 36.1 Å². The molecule has 1 atom stereocenters. The lowest BCUT2D eigenvalue weighted by molar-refractivity contribution is -0.710. The van der Waals surface area contributed by atoms with Crippen LogP contribution < -0.4 is 9.30 Å². The van der Waals surface area contributed by atoms with Crippen molar-refractivity contribution in [3.63, 3.8) is 0 Å². The van der Waals surface area contributed by atoms with E-state index in [2.05, 4.69) is 25.6 Å². The number of fused-ring (bicyclic) bond motifs is 2. The Labute approximate surface area is 165 Å². The molecule has 2 aliphatic rings. The van der Waals surface area contributed by atoms with Crippen molar-refractivity contribution in [2.45, 2.75) is 32.2 Å². The van der Waals surface area contributed by atoms with Crippen molar-refractivity contribution in [1.29, 1.82) is 0 Å². The van der Waals surface area contributed by atoms with Crippen molar-refractivity contribution in [3.05, 3.63) is 58.4 Å².